The molecule has 132 valence electrons. The number of carbonyl (C=O) groups is 3. The monoisotopic (exact) mass is 349 g/mol. The lowest BCUT2D eigenvalue weighted by atomic mass is 10.1. The fraction of sp³-hybridized carbons (Fsp3) is 0.300. The minimum absolute atomic E-state index is 0.0223. The number of fused-ring (bicyclic) bond motifs is 1. The smallest absolute Gasteiger partial charge is 0.261 e. The molecule has 1 atom stereocenters. The predicted molar refractivity (Wildman–Crippen MR) is 94.4 cm³/mol. The average Bonchev–Trinajstić information content (AvgIpc) is 3.26. The molecular weight excluding hydrogens is 330 g/mol. The summed E-state index contributed by atoms with van der Waals surface area (Å²) >= 11 is 0. The average molecular weight is 349 g/mol. The molecule has 1 saturated heterocycles. The van der Waals surface area contributed by atoms with Crippen LogP contribution in [0.15, 0.2) is 48.7 Å². The molecule has 2 aromatic rings. The lowest BCUT2D eigenvalue weighted by molar-refractivity contribution is -0.132. The quantitative estimate of drug-likeness (QED) is 0.795. The standard InChI is InChI=1S/C20H19N3O3/c24-18(22-12-5-9-17(22)16-8-3-4-11-21-16)10-13-23-19(25)14-6-1-2-7-15(14)20(23)26/h1-4,6-8,11,17H,5,9-10,12-13H2. The molecule has 1 aromatic carbocycles. The second-order valence-corrected chi connectivity index (χ2v) is 6.56. The second kappa shape index (κ2) is 6.71. The van der Waals surface area contributed by atoms with Crippen LogP contribution in [0.4, 0.5) is 0 Å². The second-order valence-electron chi connectivity index (χ2n) is 6.56. The van der Waals surface area contributed by atoms with Crippen molar-refractivity contribution >= 4 is 17.7 Å². The highest BCUT2D eigenvalue weighted by molar-refractivity contribution is 6.21. The van der Waals surface area contributed by atoms with Crippen molar-refractivity contribution in [1.82, 2.24) is 14.8 Å². The van der Waals surface area contributed by atoms with Crippen molar-refractivity contribution in [3.8, 4) is 0 Å². The van der Waals surface area contributed by atoms with Gasteiger partial charge in [-0.2, -0.15) is 0 Å². The molecule has 1 aromatic heterocycles. The number of rotatable bonds is 4. The Morgan fingerprint density at radius 1 is 1.04 bits per heavy atom. The number of hydrogen-bond acceptors (Lipinski definition) is 4. The fourth-order valence-electron chi connectivity index (χ4n) is 3.74. The number of carbonyl (C=O) groups excluding carboxylic acids is 3. The zero-order chi connectivity index (χ0) is 18.1. The summed E-state index contributed by atoms with van der Waals surface area (Å²) in [4.78, 5) is 44.9. The number of amides is 3. The highest BCUT2D eigenvalue weighted by Gasteiger charge is 2.36. The predicted octanol–water partition coefficient (Wildman–Crippen LogP) is 2.43. The van der Waals surface area contributed by atoms with Crippen LogP contribution in [0.5, 0.6) is 0 Å². The molecule has 0 radical (unpaired) electrons. The third kappa shape index (κ3) is 2.77. The molecule has 6 nitrogen and oxygen atoms in total. The largest absolute Gasteiger partial charge is 0.334 e. The molecule has 6 heteroatoms. The normalized spacial score (nSPS) is 19.2. The topological polar surface area (TPSA) is 70.6 Å². The first-order valence-corrected chi connectivity index (χ1v) is 8.82. The number of imide groups is 1. The van der Waals surface area contributed by atoms with Gasteiger partial charge in [0.05, 0.1) is 22.9 Å². The van der Waals surface area contributed by atoms with E-state index in [1.165, 1.54) is 4.90 Å². The van der Waals surface area contributed by atoms with Gasteiger partial charge in [0.15, 0.2) is 0 Å². The van der Waals surface area contributed by atoms with Crippen LogP contribution >= 0.6 is 0 Å². The Kier molecular flexibility index (Phi) is 4.24. The molecule has 2 aliphatic rings. The Morgan fingerprint density at radius 2 is 1.73 bits per heavy atom. The maximum atomic E-state index is 12.7. The van der Waals surface area contributed by atoms with Crippen LogP contribution in [0.3, 0.4) is 0 Å². The number of hydrogen-bond donors (Lipinski definition) is 0. The minimum atomic E-state index is -0.318. The summed E-state index contributed by atoms with van der Waals surface area (Å²) in [5.74, 6) is -0.683. The maximum Gasteiger partial charge on any atom is 0.261 e. The third-order valence-electron chi connectivity index (χ3n) is 5.03. The van der Waals surface area contributed by atoms with E-state index >= 15 is 0 Å². The number of likely N-dealkylation sites (tertiary alicyclic amines) is 1. The maximum absolute atomic E-state index is 12.7. The molecule has 2 aliphatic heterocycles. The van der Waals surface area contributed by atoms with Crippen molar-refractivity contribution in [1.29, 1.82) is 0 Å². The van der Waals surface area contributed by atoms with E-state index in [9.17, 15) is 14.4 Å². The van der Waals surface area contributed by atoms with Gasteiger partial charge in [0.1, 0.15) is 0 Å². The molecule has 0 spiro atoms. The van der Waals surface area contributed by atoms with Gasteiger partial charge >= 0.3 is 0 Å². The summed E-state index contributed by atoms with van der Waals surface area (Å²) in [5.41, 5.74) is 1.72. The number of pyridine rings is 1. The summed E-state index contributed by atoms with van der Waals surface area (Å²) in [6.07, 6.45) is 3.68. The molecule has 26 heavy (non-hydrogen) atoms. The molecule has 1 fully saturated rings. The van der Waals surface area contributed by atoms with Crippen molar-refractivity contribution in [2.75, 3.05) is 13.1 Å². The van der Waals surface area contributed by atoms with Gasteiger partial charge in [-0.3, -0.25) is 24.3 Å². The molecule has 0 aliphatic carbocycles. The van der Waals surface area contributed by atoms with E-state index in [1.54, 1.807) is 30.5 Å². The van der Waals surface area contributed by atoms with Gasteiger partial charge in [-0.1, -0.05) is 18.2 Å². The van der Waals surface area contributed by atoms with Crippen LogP contribution in [0, 0.1) is 0 Å². The minimum Gasteiger partial charge on any atom is -0.334 e. The van der Waals surface area contributed by atoms with Crippen molar-refractivity contribution in [2.24, 2.45) is 0 Å². The van der Waals surface area contributed by atoms with Crippen LogP contribution < -0.4 is 0 Å². The van der Waals surface area contributed by atoms with E-state index in [1.807, 2.05) is 23.1 Å². The molecular formula is C20H19N3O3. The van der Waals surface area contributed by atoms with Crippen LogP contribution in [0.2, 0.25) is 0 Å². The van der Waals surface area contributed by atoms with Crippen LogP contribution in [0.25, 0.3) is 0 Å². The van der Waals surface area contributed by atoms with E-state index in [2.05, 4.69) is 4.98 Å². The van der Waals surface area contributed by atoms with Crippen molar-refractivity contribution in [3.63, 3.8) is 0 Å². The highest BCUT2D eigenvalue weighted by Crippen LogP contribution is 2.31. The van der Waals surface area contributed by atoms with E-state index in [0.717, 1.165) is 18.5 Å². The van der Waals surface area contributed by atoms with Crippen LogP contribution in [-0.4, -0.2) is 45.6 Å². The van der Waals surface area contributed by atoms with E-state index in [-0.39, 0.29) is 36.7 Å². The van der Waals surface area contributed by atoms with Gasteiger partial charge in [-0.25, -0.2) is 0 Å². The Morgan fingerprint density at radius 3 is 2.38 bits per heavy atom. The summed E-state index contributed by atoms with van der Waals surface area (Å²) < 4.78 is 0. The Bertz CT molecular complexity index is 831. The van der Waals surface area contributed by atoms with Gasteiger partial charge < -0.3 is 4.90 Å². The number of benzene rings is 1. The molecule has 3 heterocycles. The summed E-state index contributed by atoms with van der Waals surface area (Å²) in [5, 5.41) is 0. The SMILES string of the molecule is O=C1c2ccccc2C(=O)N1CCC(=O)N1CCCC1c1ccccn1. The zero-order valence-electron chi connectivity index (χ0n) is 14.3. The summed E-state index contributed by atoms with van der Waals surface area (Å²) in [6, 6.07) is 12.4. The van der Waals surface area contributed by atoms with E-state index in [0.29, 0.717) is 17.7 Å². The molecule has 1 unspecified atom stereocenters. The van der Waals surface area contributed by atoms with Crippen molar-refractivity contribution in [2.45, 2.75) is 25.3 Å². The van der Waals surface area contributed by atoms with Gasteiger partial charge in [0.2, 0.25) is 5.91 Å². The van der Waals surface area contributed by atoms with E-state index in [4.69, 9.17) is 0 Å². The lowest BCUT2D eigenvalue weighted by Gasteiger charge is -2.25. The molecule has 3 amide bonds. The van der Waals surface area contributed by atoms with E-state index < -0.39 is 0 Å². The first kappa shape index (κ1) is 16.4. The van der Waals surface area contributed by atoms with Gasteiger partial charge in [0.25, 0.3) is 11.8 Å². The summed E-state index contributed by atoms with van der Waals surface area (Å²) in [6.45, 7) is 0.790. The Hall–Kier alpha value is -3.02. The first-order valence-electron chi connectivity index (χ1n) is 8.82. The molecule has 0 N–H and O–H groups in total. The fourth-order valence-corrected chi connectivity index (χ4v) is 3.74. The Balaban J connectivity index is 1.43. The summed E-state index contributed by atoms with van der Waals surface area (Å²) in [7, 11) is 0. The lowest BCUT2D eigenvalue weighted by Crippen LogP contribution is -2.36. The van der Waals surface area contributed by atoms with Gasteiger partial charge in [-0.05, 0) is 37.1 Å². The third-order valence-corrected chi connectivity index (χ3v) is 5.03. The number of aromatic nitrogens is 1. The van der Waals surface area contributed by atoms with Crippen molar-refractivity contribution < 1.29 is 14.4 Å². The number of nitrogens with zero attached hydrogens (tertiary/aromatic N) is 3. The zero-order valence-corrected chi connectivity index (χ0v) is 14.3. The van der Waals surface area contributed by atoms with Crippen molar-refractivity contribution in [3.05, 3.63) is 65.5 Å². The molecule has 4 rings (SSSR count). The van der Waals surface area contributed by atoms with Gasteiger partial charge in [0, 0.05) is 25.7 Å². The highest BCUT2D eigenvalue weighted by atomic mass is 16.2. The van der Waals surface area contributed by atoms with Crippen LogP contribution in [0.1, 0.15) is 51.7 Å². The first-order chi connectivity index (χ1) is 12.7. The molecule has 0 bridgehead atoms. The Labute approximate surface area is 151 Å². The van der Waals surface area contributed by atoms with Gasteiger partial charge in [-0.15, -0.1) is 0 Å². The molecule has 0 saturated carbocycles. The van der Waals surface area contributed by atoms with Crippen LogP contribution in [-0.2, 0) is 4.79 Å².